The average Bonchev–Trinajstić information content (AvgIpc) is 3.30. The fourth-order valence-electron chi connectivity index (χ4n) is 4.04. The van der Waals surface area contributed by atoms with Crippen molar-refractivity contribution >= 4 is 39.7 Å². The lowest BCUT2D eigenvalue weighted by Gasteiger charge is -2.39. The van der Waals surface area contributed by atoms with Crippen molar-refractivity contribution in [2.45, 2.75) is 19.2 Å². The van der Waals surface area contributed by atoms with Crippen molar-refractivity contribution in [3.05, 3.63) is 69.4 Å². The third kappa shape index (κ3) is 4.14. The first-order valence-electron chi connectivity index (χ1n) is 10.5. The van der Waals surface area contributed by atoms with E-state index in [-0.39, 0.29) is 49.9 Å². The van der Waals surface area contributed by atoms with Crippen LogP contribution >= 0.6 is 11.3 Å². The Balaban J connectivity index is 1.54. The van der Waals surface area contributed by atoms with Gasteiger partial charge in [-0.05, 0) is 0 Å². The van der Waals surface area contributed by atoms with Crippen LogP contribution in [0.25, 0.3) is 11.0 Å². The van der Waals surface area contributed by atoms with Crippen molar-refractivity contribution in [3.8, 4) is 11.5 Å². The van der Waals surface area contributed by atoms with E-state index in [2.05, 4.69) is 15.3 Å². The summed E-state index contributed by atoms with van der Waals surface area (Å²) in [5.41, 5.74) is -0.366. The maximum Gasteiger partial charge on any atom is 0.346 e. The van der Waals surface area contributed by atoms with Crippen molar-refractivity contribution in [2.75, 3.05) is 17.3 Å². The zero-order valence-corrected chi connectivity index (χ0v) is 19.6. The van der Waals surface area contributed by atoms with E-state index in [0.717, 1.165) is 34.4 Å². The number of halogens is 3. The predicted octanol–water partition coefficient (Wildman–Crippen LogP) is 3.59. The number of ether oxygens (including phenoxy) is 2. The molecule has 2 atom stereocenters. The number of rotatable bonds is 6. The number of nitrogens with one attached hydrogen (secondary N) is 1. The Kier molecular flexibility index (Phi) is 6.23. The number of hydrogen-bond donors (Lipinski definition) is 4. The Morgan fingerprint density at radius 1 is 1.14 bits per heavy atom. The molecule has 0 aliphatic carbocycles. The Labute approximate surface area is 210 Å². The Morgan fingerprint density at radius 2 is 1.89 bits per heavy atom. The maximum absolute atomic E-state index is 15.1. The van der Waals surface area contributed by atoms with Crippen molar-refractivity contribution in [1.82, 2.24) is 9.97 Å². The minimum absolute atomic E-state index is 0.0555. The summed E-state index contributed by atoms with van der Waals surface area (Å²) in [6, 6.07) is 2.88. The van der Waals surface area contributed by atoms with E-state index in [0.29, 0.717) is 0 Å². The van der Waals surface area contributed by atoms with E-state index in [1.165, 1.54) is 24.9 Å². The number of methoxy groups -OCH3 is 1. The fraction of sp³-hybridized carbons (Fsp3) is 0.174. The van der Waals surface area contributed by atoms with Gasteiger partial charge in [0.1, 0.15) is 11.5 Å². The monoisotopic (exact) mass is 534 g/mol. The largest absolute Gasteiger partial charge is 0.493 e. The molecule has 1 aliphatic heterocycles. The number of aliphatic hydroxyl groups is 2. The van der Waals surface area contributed by atoms with Gasteiger partial charge in [-0.25, -0.2) is 18.0 Å². The van der Waals surface area contributed by atoms with Gasteiger partial charge >= 0.3 is 5.97 Å². The Hall–Kier alpha value is -4.14. The highest BCUT2D eigenvalue weighted by Crippen LogP contribution is 2.44. The highest BCUT2D eigenvalue weighted by Gasteiger charge is 2.38. The van der Waals surface area contributed by atoms with Crippen LogP contribution in [0, 0.1) is 17.5 Å². The molecule has 192 valence electrons. The van der Waals surface area contributed by atoms with Crippen LogP contribution in [-0.4, -0.2) is 44.7 Å². The number of anilines is 2. The van der Waals surface area contributed by atoms with Crippen LogP contribution in [0.2, 0.25) is 0 Å². The van der Waals surface area contributed by atoms with Crippen LogP contribution in [-0.2, 0) is 6.61 Å². The fourth-order valence-corrected chi connectivity index (χ4v) is 4.91. The summed E-state index contributed by atoms with van der Waals surface area (Å²) in [6.45, 7) is -0.554. The summed E-state index contributed by atoms with van der Waals surface area (Å²) in [6.07, 6.45) is -0.790. The zero-order valence-electron chi connectivity index (χ0n) is 18.8. The van der Waals surface area contributed by atoms with E-state index in [1.54, 1.807) is 0 Å². The third-order valence-electron chi connectivity index (χ3n) is 5.73. The molecule has 2 aromatic heterocycles. The molecule has 2 aromatic carbocycles. The number of benzene rings is 2. The average molecular weight is 534 g/mol. The van der Waals surface area contributed by atoms with Gasteiger partial charge in [0.25, 0.3) is 0 Å². The molecule has 0 fully saturated rings. The van der Waals surface area contributed by atoms with Gasteiger partial charge in [0, 0.05) is 41.5 Å². The van der Waals surface area contributed by atoms with Gasteiger partial charge in [-0.3, -0.25) is 14.9 Å². The third-order valence-corrected chi connectivity index (χ3v) is 6.71. The smallest absolute Gasteiger partial charge is 0.346 e. The second-order valence-electron chi connectivity index (χ2n) is 7.81. The Morgan fingerprint density at radius 3 is 2.62 bits per heavy atom. The molecule has 3 heterocycles. The number of thiophene rings is 1. The molecule has 10 nitrogen and oxygen atoms in total. The van der Waals surface area contributed by atoms with Crippen LogP contribution in [0.1, 0.15) is 27.0 Å². The second-order valence-corrected chi connectivity index (χ2v) is 8.69. The van der Waals surface area contributed by atoms with Gasteiger partial charge in [-0.2, -0.15) is 0 Å². The number of nitrogens with zero attached hydrogens (tertiary/aromatic N) is 3. The summed E-state index contributed by atoms with van der Waals surface area (Å²) in [5.74, 6) is -4.89. The first-order chi connectivity index (χ1) is 17.7. The molecule has 0 spiro atoms. The van der Waals surface area contributed by atoms with Gasteiger partial charge in [-0.1, -0.05) is 0 Å². The molecule has 0 bridgehead atoms. The molecule has 0 amide bonds. The highest BCUT2D eigenvalue weighted by atomic mass is 32.1. The molecule has 0 radical (unpaired) electrons. The molecule has 14 heteroatoms. The number of aromatic nitrogens is 2. The second kappa shape index (κ2) is 9.38. The molecular weight excluding hydrogens is 517 g/mol. The maximum atomic E-state index is 15.1. The lowest BCUT2D eigenvalue weighted by atomic mass is 10.1. The van der Waals surface area contributed by atoms with Crippen LogP contribution in [0.3, 0.4) is 0 Å². The SMILES string of the molecule is COc1cc(F)c(N2C(O)Nc3csc(C(=O)O)c3C2O)cc1OCc1c(F)c(F)cc2nccnc12. The van der Waals surface area contributed by atoms with Gasteiger partial charge in [0.05, 0.1) is 35.1 Å². The lowest BCUT2D eigenvalue weighted by molar-refractivity contribution is 0.0675. The molecule has 2 unspecified atom stereocenters. The molecular formula is C23H17F3N4O6S. The summed E-state index contributed by atoms with van der Waals surface area (Å²) >= 11 is 0.824. The molecule has 0 saturated heterocycles. The van der Waals surface area contributed by atoms with E-state index in [1.807, 2.05) is 0 Å². The van der Waals surface area contributed by atoms with Crippen LogP contribution in [0.15, 0.2) is 36.0 Å². The summed E-state index contributed by atoms with van der Waals surface area (Å²) in [4.78, 5) is 20.2. The minimum atomic E-state index is -1.75. The van der Waals surface area contributed by atoms with Crippen LogP contribution in [0.5, 0.6) is 11.5 Å². The van der Waals surface area contributed by atoms with Crippen LogP contribution < -0.4 is 19.7 Å². The van der Waals surface area contributed by atoms with E-state index in [4.69, 9.17) is 9.47 Å². The number of carbonyl (C=O) groups is 1. The van der Waals surface area contributed by atoms with Crippen molar-refractivity contribution < 1.29 is 42.8 Å². The topological polar surface area (TPSA) is 137 Å². The number of carboxylic acids is 1. The Bertz CT molecular complexity index is 1530. The lowest BCUT2D eigenvalue weighted by Crippen LogP contribution is -2.47. The first kappa shape index (κ1) is 24.5. The van der Waals surface area contributed by atoms with Gasteiger partial charge in [0.2, 0.25) is 6.35 Å². The van der Waals surface area contributed by atoms with Gasteiger partial charge in [-0.15, -0.1) is 11.3 Å². The summed E-state index contributed by atoms with van der Waals surface area (Å²) in [7, 11) is 1.23. The van der Waals surface area contributed by atoms with Crippen molar-refractivity contribution in [2.24, 2.45) is 0 Å². The molecule has 4 aromatic rings. The van der Waals surface area contributed by atoms with Crippen LogP contribution in [0.4, 0.5) is 24.5 Å². The standard InChI is InChI=1S/C23H17F3N4O6S/c1-35-15-5-10(24)14(30-21(31)17-13(29-23(30)34)8-37-20(17)22(32)33)6-16(15)36-7-9-18(26)11(25)4-12-19(9)28-3-2-27-12/h2-6,8,21,23,29,31,34H,7H2,1H3,(H,32,33). The minimum Gasteiger partial charge on any atom is -0.493 e. The van der Waals surface area contributed by atoms with Gasteiger partial charge < -0.3 is 30.1 Å². The number of fused-ring (bicyclic) bond motifs is 2. The number of aromatic carboxylic acids is 1. The molecule has 0 saturated carbocycles. The highest BCUT2D eigenvalue weighted by molar-refractivity contribution is 7.12. The number of carboxylic acid groups (broad SMARTS) is 1. The van der Waals surface area contributed by atoms with E-state index < -0.39 is 42.6 Å². The van der Waals surface area contributed by atoms with E-state index >= 15 is 4.39 Å². The molecule has 4 N–H and O–H groups in total. The number of aliphatic hydroxyl groups excluding tert-OH is 2. The predicted molar refractivity (Wildman–Crippen MR) is 125 cm³/mol. The molecule has 1 aliphatic rings. The van der Waals surface area contributed by atoms with Crippen molar-refractivity contribution in [3.63, 3.8) is 0 Å². The first-order valence-corrected chi connectivity index (χ1v) is 11.4. The summed E-state index contributed by atoms with van der Waals surface area (Å²) < 4.78 is 54.7. The molecule has 5 rings (SSSR count). The van der Waals surface area contributed by atoms with E-state index in [9.17, 15) is 28.9 Å². The number of hydrogen-bond acceptors (Lipinski definition) is 10. The molecule has 37 heavy (non-hydrogen) atoms. The van der Waals surface area contributed by atoms with Crippen molar-refractivity contribution in [1.29, 1.82) is 0 Å². The normalized spacial score (nSPS) is 16.9. The quantitative estimate of drug-likeness (QED) is 0.290. The zero-order chi connectivity index (χ0) is 26.4. The van der Waals surface area contributed by atoms with Gasteiger partial charge in [0.15, 0.2) is 35.2 Å². The summed E-state index contributed by atoms with van der Waals surface area (Å²) in [5, 5.41) is 35.0.